The fourth-order valence-corrected chi connectivity index (χ4v) is 3.86. The second kappa shape index (κ2) is 7.32. The summed E-state index contributed by atoms with van der Waals surface area (Å²) in [5, 5.41) is 0. The van der Waals surface area contributed by atoms with Gasteiger partial charge in [-0.2, -0.15) is 0 Å². The lowest BCUT2D eigenvalue weighted by molar-refractivity contribution is 0.0873. The van der Waals surface area contributed by atoms with Crippen LogP contribution < -0.4 is 9.47 Å². The van der Waals surface area contributed by atoms with E-state index in [0.717, 1.165) is 37.4 Å². The van der Waals surface area contributed by atoms with Crippen molar-refractivity contribution in [3.63, 3.8) is 0 Å². The molecule has 3 atom stereocenters. The molecule has 2 rings (SSSR count). The molecule has 1 aromatic rings. The number of methoxy groups -OCH3 is 2. The normalized spacial score (nSPS) is 23.6. The number of ether oxygens (including phenoxy) is 3. The Labute approximate surface area is 129 Å². The van der Waals surface area contributed by atoms with E-state index in [1.807, 2.05) is 6.07 Å². The maximum absolute atomic E-state index is 5.78. The lowest BCUT2D eigenvalue weighted by Gasteiger charge is -2.22. The first-order valence-electron chi connectivity index (χ1n) is 7.16. The van der Waals surface area contributed by atoms with Crippen molar-refractivity contribution < 1.29 is 14.2 Å². The fraction of sp³-hybridized carbons (Fsp3) is 0.625. The van der Waals surface area contributed by atoms with E-state index in [9.17, 15) is 0 Å². The summed E-state index contributed by atoms with van der Waals surface area (Å²) >= 11 is 3.85. The maximum atomic E-state index is 5.78. The fourth-order valence-electron chi connectivity index (χ4n) is 2.88. The minimum Gasteiger partial charge on any atom is -0.493 e. The van der Waals surface area contributed by atoms with Crippen LogP contribution >= 0.6 is 15.9 Å². The van der Waals surface area contributed by atoms with Crippen molar-refractivity contribution >= 4 is 15.9 Å². The van der Waals surface area contributed by atoms with Crippen molar-refractivity contribution in [1.29, 1.82) is 0 Å². The molecule has 0 saturated carbocycles. The van der Waals surface area contributed by atoms with Crippen LogP contribution in [0, 0.1) is 5.92 Å². The van der Waals surface area contributed by atoms with Crippen molar-refractivity contribution in [1.82, 2.24) is 0 Å². The van der Waals surface area contributed by atoms with Gasteiger partial charge in [0, 0.05) is 17.4 Å². The first-order chi connectivity index (χ1) is 9.69. The second-order valence-corrected chi connectivity index (χ2v) is 6.36. The Kier molecular flexibility index (Phi) is 5.73. The second-order valence-electron chi connectivity index (χ2n) is 5.18. The number of benzene rings is 1. The number of hydrogen-bond acceptors (Lipinski definition) is 3. The molecule has 0 spiro atoms. The van der Waals surface area contributed by atoms with E-state index >= 15 is 0 Å². The minimum absolute atomic E-state index is 0.388. The zero-order chi connectivity index (χ0) is 14.5. The average Bonchev–Trinajstić information content (AvgIpc) is 2.95. The van der Waals surface area contributed by atoms with Crippen LogP contribution in [-0.4, -0.2) is 31.8 Å². The first-order valence-corrected chi connectivity index (χ1v) is 8.07. The molecule has 0 N–H and O–H groups in total. The van der Waals surface area contributed by atoms with Gasteiger partial charge in [0.1, 0.15) is 0 Å². The topological polar surface area (TPSA) is 27.7 Å². The first kappa shape index (κ1) is 15.6. The van der Waals surface area contributed by atoms with Crippen LogP contribution in [0.3, 0.4) is 0 Å². The Balaban J connectivity index is 2.05. The van der Waals surface area contributed by atoms with E-state index in [1.165, 1.54) is 5.56 Å². The molecule has 0 radical (unpaired) electrons. The molecule has 1 aliphatic rings. The third-order valence-corrected chi connectivity index (χ3v) is 5.01. The van der Waals surface area contributed by atoms with Crippen LogP contribution in [0.5, 0.6) is 11.5 Å². The zero-order valence-corrected chi connectivity index (χ0v) is 14.0. The Bertz CT molecular complexity index is 436. The maximum Gasteiger partial charge on any atom is 0.160 e. The van der Waals surface area contributed by atoms with Crippen molar-refractivity contribution in [3.8, 4) is 11.5 Å². The van der Waals surface area contributed by atoms with Gasteiger partial charge >= 0.3 is 0 Å². The monoisotopic (exact) mass is 342 g/mol. The SMILES string of the molecule is CCC1OCCC1C(Br)Cc1ccc(OC)c(OC)c1. The summed E-state index contributed by atoms with van der Waals surface area (Å²) in [7, 11) is 3.33. The van der Waals surface area contributed by atoms with Gasteiger partial charge in [-0.15, -0.1) is 0 Å². The summed E-state index contributed by atoms with van der Waals surface area (Å²) in [6.07, 6.45) is 3.59. The largest absolute Gasteiger partial charge is 0.493 e. The molecule has 4 heteroatoms. The molecule has 1 heterocycles. The van der Waals surface area contributed by atoms with Gasteiger partial charge in [-0.1, -0.05) is 28.9 Å². The molecule has 112 valence electrons. The van der Waals surface area contributed by atoms with Gasteiger partial charge in [-0.3, -0.25) is 0 Å². The lowest BCUT2D eigenvalue weighted by atomic mass is 9.92. The van der Waals surface area contributed by atoms with Gasteiger partial charge in [-0.25, -0.2) is 0 Å². The molecule has 1 fully saturated rings. The molecule has 1 aliphatic heterocycles. The molecular formula is C16H23BrO3. The highest BCUT2D eigenvalue weighted by Gasteiger charge is 2.32. The summed E-state index contributed by atoms with van der Waals surface area (Å²) < 4.78 is 16.4. The Hall–Kier alpha value is -0.740. The quantitative estimate of drug-likeness (QED) is 0.735. The third kappa shape index (κ3) is 3.47. The van der Waals surface area contributed by atoms with Gasteiger partial charge in [0.05, 0.1) is 20.3 Å². The van der Waals surface area contributed by atoms with Gasteiger partial charge in [-0.05, 0) is 37.0 Å². The standard InChI is InChI=1S/C16H23BrO3/c1-4-14-12(7-8-20-14)13(17)9-11-5-6-15(18-2)16(10-11)19-3/h5-6,10,12-14H,4,7-9H2,1-3H3. The van der Waals surface area contributed by atoms with Gasteiger partial charge in [0.2, 0.25) is 0 Å². The number of hydrogen-bond donors (Lipinski definition) is 0. The summed E-state index contributed by atoms with van der Waals surface area (Å²) in [5.41, 5.74) is 1.26. The number of halogens is 1. The van der Waals surface area contributed by atoms with Crippen LogP contribution in [-0.2, 0) is 11.2 Å². The summed E-state index contributed by atoms with van der Waals surface area (Å²) in [4.78, 5) is 0.438. The van der Waals surface area contributed by atoms with E-state index < -0.39 is 0 Å². The highest BCUT2D eigenvalue weighted by Crippen LogP contribution is 2.34. The van der Waals surface area contributed by atoms with Crippen molar-refractivity contribution in [2.24, 2.45) is 5.92 Å². The Morgan fingerprint density at radius 2 is 2.05 bits per heavy atom. The van der Waals surface area contributed by atoms with Crippen LogP contribution in [0.15, 0.2) is 18.2 Å². The molecule has 3 unspecified atom stereocenters. The minimum atomic E-state index is 0.388. The van der Waals surface area contributed by atoms with Crippen molar-refractivity contribution in [2.45, 2.75) is 37.1 Å². The zero-order valence-electron chi connectivity index (χ0n) is 12.4. The predicted octanol–water partition coefficient (Wildman–Crippen LogP) is 3.82. The summed E-state index contributed by atoms with van der Waals surface area (Å²) in [6, 6.07) is 6.13. The summed E-state index contributed by atoms with van der Waals surface area (Å²) in [5.74, 6) is 2.16. The van der Waals surface area contributed by atoms with E-state index in [-0.39, 0.29) is 0 Å². The summed E-state index contributed by atoms with van der Waals surface area (Å²) in [6.45, 7) is 3.08. The highest BCUT2D eigenvalue weighted by atomic mass is 79.9. The van der Waals surface area contributed by atoms with E-state index in [0.29, 0.717) is 16.8 Å². The lowest BCUT2D eigenvalue weighted by Crippen LogP contribution is -2.25. The van der Waals surface area contributed by atoms with Crippen LogP contribution in [0.1, 0.15) is 25.3 Å². The van der Waals surface area contributed by atoms with Crippen molar-refractivity contribution in [3.05, 3.63) is 23.8 Å². The smallest absolute Gasteiger partial charge is 0.160 e. The average molecular weight is 343 g/mol. The third-order valence-electron chi connectivity index (χ3n) is 4.01. The molecule has 0 bridgehead atoms. The van der Waals surface area contributed by atoms with Crippen LogP contribution in [0.25, 0.3) is 0 Å². The number of rotatable bonds is 6. The van der Waals surface area contributed by atoms with Crippen molar-refractivity contribution in [2.75, 3.05) is 20.8 Å². The molecule has 20 heavy (non-hydrogen) atoms. The van der Waals surface area contributed by atoms with E-state index in [2.05, 4.69) is 35.0 Å². The van der Waals surface area contributed by atoms with Crippen LogP contribution in [0.4, 0.5) is 0 Å². The molecule has 3 nitrogen and oxygen atoms in total. The molecule has 0 amide bonds. The molecular weight excluding hydrogens is 320 g/mol. The van der Waals surface area contributed by atoms with Crippen LogP contribution in [0.2, 0.25) is 0 Å². The van der Waals surface area contributed by atoms with E-state index in [1.54, 1.807) is 14.2 Å². The molecule has 0 aliphatic carbocycles. The molecule has 1 saturated heterocycles. The molecule has 0 aromatic heterocycles. The van der Waals surface area contributed by atoms with Gasteiger partial charge in [0.15, 0.2) is 11.5 Å². The van der Waals surface area contributed by atoms with Gasteiger partial charge in [0.25, 0.3) is 0 Å². The van der Waals surface area contributed by atoms with E-state index in [4.69, 9.17) is 14.2 Å². The highest BCUT2D eigenvalue weighted by molar-refractivity contribution is 9.09. The predicted molar refractivity (Wildman–Crippen MR) is 84.1 cm³/mol. The van der Waals surface area contributed by atoms with Gasteiger partial charge < -0.3 is 14.2 Å². The molecule has 1 aromatic carbocycles. The Morgan fingerprint density at radius 1 is 1.30 bits per heavy atom. The number of alkyl halides is 1. The Morgan fingerprint density at radius 3 is 2.70 bits per heavy atom.